The van der Waals surface area contributed by atoms with Gasteiger partial charge in [-0.05, 0) is 53.8 Å². The van der Waals surface area contributed by atoms with Gasteiger partial charge in [0.2, 0.25) is 0 Å². The summed E-state index contributed by atoms with van der Waals surface area (Å²) >= 11 is 1.55. The van der Waals surface area contributed by atoms with Crippen molar-refractivity contribution in [3.63, 3.8) is 0 Å². The highest BCUT2D eigenvalue weighted by Gasteiger charge is 2.09. The number of hydrogen-bond donors (Lipinski definition) is 0. The number of benzene rings is 1. The van der Waals surface area contributed by atoms with Crippen LogP contribution in [0.2, 0.25) is 0 Å². The van der Waals surface area contributed by atoms with Gasteiger partial charge in [-0.15, -0.1) is 11.3 Å². The van der Waals surface area contributed by atoms with Crippen molar-refractivity contribution in [2.24, 2.45) is 0 Å². The van der Waals surface area contributed by atoms with E-state index in [9.17, 15) is 9.59 Å². The van der Waals surface area contributed by atoms with Crippen molar-refractivity contribution in [3.8, 4) is 11.5 Å². The van der Waals surface area contributed by atoms with Gasteiger partial charge in [0.1, 0.15) is 0 Å². The molecule has 1 aromatic carbocycles. The number of carbonyl (C=O) groups is 2. The van der Waals surface area contributed by atoms with Gasteiger partial charge in [0.05, 0.1) is 14.2 Å². The minimum atomic E-state index is -0.496. The van der Waals surface area contributed by atoms with E-state index in [1.54, 1.807) is 41.7 Å². The molecule has 0 saturated carbocycles. The fourth-order valence-electron chi connectivity index (χ4n) is 1.95. The first-order chi connectivity index (χ1) is 12.0. The Balaban J connectivity index is 2.09. The van der Waals surface area contributed by atoms with Crippen LogP contribution >= 0.6 is 11.3 Å². The first kappa shape index (κ1) is 18.5. The Labute approximate surface area is 150 Å². The highest BCUT2D eigenvalue weighted by atomic mass is 32.1. The smallest absolute Gasteiger partial charge is 0.336 e. The molecule has 0 aliphatic heterocycles. The maximum Gasteiger partial charge on any atom is 0.336 e. The van der Waals surface area contributed by atoms with Crippen LogP contribution in [0.3, 0.4) is 0 Å². The standard InChI is InChI=1S/C19H18O5S/c1-13-10-11-25-17(13)7-9-19(21)24-15-6-4-14(12-16(15)22-2)5-8-18(20)23-3/h4-12H,1-3H3/b8-5+,9-7+. The number of rotatable bonds is 6. The molecule has 0 radical (unpaired) electrons. The van der Waals surface area contributed by atoms with Gasteiger partial charge in [0, 0.05) is 17.0 Å². The summed E-state index contributed by atoms with van der Waals surface area (Å²) in [5, 5.41) is 1.96. The third-order valence-electron chi connectivity index (χ3n) is 3.28. The van der Waals surface area contributed by atoms with Crippen molar-refractivity contribution in [3.05, 3.63) is 57.8 Å². The van der Waals surface area contributed by atoms with E-state index >= 15 is 0 Å². The van der Waals surface area contributed by atoms with E-state index in [2.05, 4.69) is 4.74 Å². The van der Waals surface area contributed by atoms with E-state index in [1.165, 1.54) is 26.4 Å². The van der Waals surface area contributed by atoms with E-state index in [4.69, 9.17) is 9.47 Å². The monoisotopic (exact) mass is 358 g/mol. The average molecular weight is 358 g/mol. The summed E-state index contributed by atoms with van der Waals surface area (Å²) in [6.45, 7) is 1.98. The van der Waals surface area contributed by atoms with Crippen LogP contribution in [0.15, 0.2) is 41.8 Å². The lowest BCUT2D eigenvalue weighted by Crippen LogP contribution is -2.05. The van der Waals surface area contributed by atoms with Crippen LogP contribution in [0, 0.1) is 6.92 Å². The van der Waals surface area contributed by atoms with Gasteiger partial charge in [-0.2, -0.15) is 0 Å². The number of hydrogen-bond acceptors (Lipinski definition) is 6. The summed E-state index contributed by atoms with van der Waals surface area (Å²) in [5.41, 5.74) is 1.82. The molecule has 6 heteroatoms. The Kier molecular flexibility index (Phi) is 6.54. The molecule has 0 saturated heterocycles. The molecule has 5 nitrogen and oxygen atoms in total. The second-order valence-corrected chi connectivity index (χ2v) is 5.94. The number of esters is 2. The Bertz CT molecular complexity index is 817. The van der Waals surface area contributed by atoms with Crippen molar-refractivity contribution in [1.29, 1.82) is 0 Å². The van der Waals surface area contributed by atoms with Crippen LogP contribution in [0.1, 0.15) is 16.0 Å². The van der Waals surface area contributed by atoms with Gasteiger partial charge in [-0.25, -0.2) is 9.59 Å². The van der Waals surface area contributed by atoms with E-state index < -0.39 is 11.9 Å². The zero-order chi connectivity index (χ0) is 18.2. The molecular formula is C19H18O5S. The molecule has 0 fully saturated rings. The van der Waals surface area contributed by atoms with Crippen molar-refractivity contribution >= 4 is 35.4 Å². The van der Waals surface area contributed by atoms with E-state index in [-0.39, 0.29) is 0 Å². The SMILES string of the molecule is COC(=O)/C=C/c1ccc(OC(=O)/C=C/c2sccc2C)c(OC)c1. The van der Waals surface area contributed by atoms with Gasteiger partial charge in [-0.1, -0.05) is 6.07 Å². The maximum atomic E-state index is 12.0. The zero-order valence-electron chi connectivity index (χ0n) is 14.1. The average Bonchev–Trinajstić information content (AvgIpc) is 3.03. The number of ether oxygens (including phenoxy) is 3. The van der Waals surface area contributed by atoms with Crippen molar-refractivity contribution in [2.75, 3.05) is 14.2 Å². The number of methoxy groups -OCH3 is 2. The molecule has 0 amide bonds. The summed E-state index contributed by atoms with van der Waals surface area (Å²) in [7, 11) is 2.78. The molecule has 0 aliphatic rings. The molecule has 25 heavy (non-hydrogen) atoms. The molecule has 130 valence electrons. The van der Waals surface area contributed by atoms with Gasteiger partial charge < -0.3 is 14.2 Å². The van der Waals surface area contributed by atoms with Crippen molar-refractivity contribution in [2.45, 2.75) is 6.92 Å². The number of thiophene rings is 1. The Morgan fingerprint density at radius 3 is 2.40 bits per heavy atom. The van der Waals surface area contributed by atoms with Gasteiger partial charge in [-0.3, -0.25) is 0 Å². The molecule has 1 aromatic heterocycles. The van der Waals surface area contributed by atoms with Crippen LogP contribution in [0.25, 0.3) is 12.2 Å². The summed E-state index contributed by atoms with van der Waals surface area (Å²) in [5.74, 6) is -0.260. The van der Waals surface area contributed by atoms with Crippen molar-refractivity contribution < 1.29 is 23.8 Å². The molecule has 0 N–H and O–H groups in total. The molecule has 0 atom stereocenters. The normalized spacial score (nSPS) is 11.0. The summed E-state index contributed by atoms with van der Waals surface area (Å²) in [4.78, 5) is 24.1. The molecule has 0 bridgehead atoms. The molecule has 0 spiro atoms. The lowest BCUT2D eigenvalue weighted by atomic mass is 10.2. The van der Waals surface area contributed by atoms with Gasteiger partial charge in [0.25, 0.3) is 0 Å². The quantitative estimate of drug-likeness (QED) is 0.446. The molecule has 1 heterocycles. The van der Waals surface area contributed by atoms with Crippen LogP contribution in [0.4, 0.5) is 0 Å². The highest BCUT2D eigenvalue weighted by molar-refractivity contribution is 7.11. The summed E-state index contributed by atoms with van der Waals surface area (Å²) in [6.07, 6.45) is 5.98. The first-order valence-corrected chi connectivity index (χ1v) is 8.29. The third-order valence-corrected chi connectivity index (χ3v) is 4.27. The van der Waals surface area contributed by atoms with E-state index in [0.717, 1.165) is 10.4 Å². The highest BCUT2D eigenvalue weighted by Crippen LogP contribution is 2.29. The minimum absolute atomic E-state index is 0.301. The number of aryl methyl sites for hydroxylation is 1. The molecule has 0 aliphatic carbocycles. The van der Waals surface area contributed by atoms with Crippen LogP contribution in [0.5, 0.6) is 11.5 Å². The van der Waals surface area contributed by atoms with Crippen molar-refractivity contribution in [1.82, 2.24) is 0 Å². The summed E-state index contributed by atoms with van der Waals surface area (Å²) in [6, 6.07) is 6.96. The Morgan fingerprint density at radius 1 is 1.00 bits per heavy atom. The van der Waals surface area contributed by atoms with Gasteiger partial charge in [0.15, 0.2) is 11.5 Å². The Hall–Kier alpha value is -2.86. The van der Waals surface area contributed by atoms with E-state index in [1.807, 2.05) is 18.4 Å². The van der Waals surface area contributed by atoms with Crippen LogP contribution < -0.4 is 9.47 Å². The molecule has 2 aromatic rings. The molecular weight excluding hydrogens is 340 g/mol. The second kappa shape index (κ2) is 8.84. The fourth-order valence-corrected chi connectivity index (χ4v) is 2.77. The fraction of sp³-hybridized carbons (Fsp3) is 0.158. The first-order valence-electron chi connectivity index (χ1n) is 7.41. The van der Waals surface area contributed by atoms with Gasteiger partial charge >= 0.3 is 11.9 Å². The topological polar surface area (TPSA) is 61.8 Å². The maximum absolute atomic E-state index is 12.0. The molecule has 2 rings (SSSR count). The lowest BCUT2D eigenvalue weighted by molar-refractivity contribution is -0.134. The molecule has 0 unspecified atom stereocenters. The predicted octanol–water partition coefficient (Wildman–Crippen LogP) is 3.87. The number of carbonyl (C=O) groups excluding carboxylic acids is 2. The Morgan fingerprint density at radius 2 is 1.76 bits per heavy atom. The predicted molar refractivity (Wildman–Crippen MR) is 97.8 cm³/mol. The summed E-state index contributed by atoms with van der Waals surface area (Å²) < 4.78 is 15.1. The van der Waals surface area contributed by atoms with Crippen LogP contribution in [-0.4, -0.2) is 26.2 Å². The second-order valence-electron chi connectivity index (χ2n) is 4.99. The largest absolute Gasteiger partial charge is 0.493 e. The zero-order valence-corrected chi connectivity index (χ0v) is 15.0. The third kappa shape index (κ3) is 5.32. The lowest BCUT2D eigenvalue weighted by Gasteiger charge is -2.08. The van der Waals surface area contributed by atoms with Crippen LogP contribution in [-0.2, 0) is 14.3 Å². The van der Waals surface area contributed by atoms with E-state index in [0.29, 0.717) is 17.1 Å². The minimum Gasteiger partial charge on any atom is -0.493 e.